The molecule has 32 heavy (non-hydrogen) atoms. The predicted molar refractivity (Wildman–Crippen MR) is 129 cm³/mol. The van der Waals surface area contributed by atoms with Crippen LogP contribution in [-0.2, 0) is 9.59 Å². The van der Waals surface area contributed by atoms with Crippen LogP contribution in [0.15, 0.2) is 79.0 Å². The Morgan fingerprint density at radius 1 is 0.906 bits per heavy atom. The van der Waals surface area contributed by atoms with Gasteiger partial charge in [-0.1, -0.05) is 81.4 Å². The number of aromatic nitrogens is 1. The Hall–Kier alpha value is -3.47. The van der Waals surface area contributed by atoms with Gasteiger partial charge in [-0.15, -0.1) is 0 Å². The third-order valence-electron chi connectivity index (χ3n) is 5.12. The highest BCUT2D eigenvalue weighted by Gasteiger charge is 2.32. The van der Waals surface area contributed by atoms with Crippen LogP contribution in [0, 0.1) is 11.8 Å². The van der Waals surface area contributed by atoms with Crippen LogP contribution >= 0.6 is 0 Å². The van der Waals surface area contributed by atoms with Crippen molar-refractivity contribution >= 4 is 17.6 Å². The van der Waals surface area contributed by atoms with Gasteiger partial charge in [0.1, 0.15) is 11.9 Å². The number of pyridine rings is 1. The Morgan fingerprint density at radius 2 is 1.56 bits per heavy atom. The number of nitrogens with zero attached hydrogens (tertiary/aromatic N) is 1. The fourth-order valence-electron chi connectivity index (χ4n) is 3.36. The van der Waals surface area contributed by atoms with E-state index in [4.69, 9.17) is 0 Å². The van der Waals surface area contributed by atoms with E-state index in [9.17, 15) is 9.59 Å². The van der Waals surface area contributed by atoms with E-state index in [-0.39, 0.29) is 11.8 Å². The highest BCUT2D eigenvalue weighted by Crippen LogP contribution is 2.22. The number of anilines is 1. The number of hydrogen-bond acceptors (Lipinski definition) is 3. The number of hydrogen-bond donors (Lipinski definition) is 2. The van der Waals surface area contributed by atoms with Gasteiger partial charge in [0.2, 0.25) is 11.8 Å². The number of carbonyl (C=O) groups is 2. The van der Waals surface area contributed by atoms with Crippen LogP contribution in [0.2, 0.25) is 0 Å². The fraction of sp³-hybridized carbons (Fsp3) is 0.259. The van der Waals surface area contributed by atoms with E-state index in [0.717, 1.165) is 11.1 Å². The topological polar surface area (TPSA) is 71.1 Å². The molecule has 2 amide bonds. The molecule has 0 saturated carbocycles. The van der Waals surface area contributed by atoms with Crippen molar-refractivity contribution in [3.8, 4) is 11.1 Å². The molecule has 1 radical (unpaired) electrons. The minimum atomic E-state index is -0.665. The van der Waals surface area contributed by atoms with Crippen LogP contribution in [0.4, 0.5) is 5.82 Å². The minimum Gasteiger partial charge on any atom is -0.344 e. The van der Waals surface area contributed by atoms with Crippen molar-refractivity contribution in [2.45, 2.75) is 39.7 Å². The maximum atomic E-state index is 12.8. The summed E-state index contributed by atoms with van der Waals surface area (Å²) in [6.07, 6.45) is 4.55. The van der Waals surface area contributed by atoms with Gasteiger partial charge in [0, 0.05) is 12.6 Å². The highest BCUT2D eigenvalue weighted by atomic mass is 16.2. The second-order valence-corrected chi connectivity index (χ2v) is 8.80. The summed E-state index contributed by atoms with van der Waals surface area (Å²) in [5.74, 6) is 0.0385. The summed E-state index contributed by atoms with van der Waals surface area (Å²) in [4.78, 5) is 29.4. The maximum Gasteiger partial charge on any atom is 0.248 e. The average Bonchev–Trinajstić information content (AvgIpc) is 2.78. The van der Waals surface area contributed by atoms with Crippen molar-refractivity contribution in [2.24, 2.45) is 5.41 Å². The monoisotopic (exact) mass is 428 g/mol. The second kappa shape index (κ2) is 10.7. The van der Waals surface area contributed by atoms with Gasteiger partial charge in [-0.05, 0) is 47.1 Å². The van der Waals surface area contributed by atoms with Crippen LogP contribution in [0.5, 0.6) is 0 Å². The molecule has 0 aliphatic rings. The van der Waals surface area contributed by atoms with Crippen LogP contribution < -0.4 is 10.6 Å². The third-order valence-corrected chi connectivity index (χ3v) is 5.12. The Balaban J connectivity index is 1.51. The molecule has 2 aromatic carbocycles. The molecule has 5 heteroatoms. The van der Waals surface area contributed by atoms with Gasteiger partial charge in [0.25, 0.3) is 0 Å². The molecule has 3 aromatic rings. The van der Waals surface area contributed by atoms with Crippen LogP contribution in [0.25, 0.3) is 11.1 Å². The van der Waals surface area contributed by atoms with Crippen molar-refractivity contribution < 1.29 is 9.59 Å². The van der Waals surface area contributed by atoms with E-state index in [1.165, 1.54) is 5.56 Å². The normalized spacial score (nSPS) is 12.1. The largest absolute Gasteiger partial charge is 0.344 e. The van der Waals surface area contributed by atoms with Gasteiger partial charge in [-0.25, -0.2) is 4.98 Å². The quantitative estimate of drug-likeness (QED) is 0.515. The Bertz CT molecular complexity index is 1010. The molecule has 0 unspecified atom stereocenters. The molecule has 0 saturated heterocycles. The summed E-state index contributed by atoms with van der Waals surface area (Å²) in [5.41, 5.74) is 2.96. The van der Waals surface area contributed by atoms with Crippen molar-refractivity contribution in [1.29, 1.82) is 0 Å². The fourth-order valence-corrected chi connectivity index (χ4v) is 3.36. The third kappa shape index (κ3) is 6.77. The number of carbonyl (C=O) groups excluding carboxylic acids is 2. The minimum absolute atomic E-state index is 0.154. The highest BCUT2D eigenvalue weighted by molar-refractivity contribution is 5.97. The van der Waals surface area contributed by atoms with E-state index in [1.54, 1.807) is 24.4 Å². The molecule has 0 aliphatic carbocycles. The predicted octanol–water partition coefficient (Wildman–Crippen LogP) is 5.25. The summed E-state index contributed by atoms with van der Waals surface area (Å²) < 4.78 is 0. The number of benzene rings is 2. The van der Waals surface area contributed by atoms with Crippen LogP contribution in [0.3, 0.4) is 0 Å². The summed E-state index contributed by atoms with van der Waals surface area (Å²) >= 11 is 0. The van der Waals surface area contributed by atoms with Gasteiger partial charge in [-0.3, -0.25) is 9.59 Å². The average molecular weight is 429 g/mol. The first-order valence-electron chi connectivity index (χ1n) is 10.8. The molecule has 0 aliphatic heterocycles. The second-order valence-electron chi connectivity index (χ2n) is 8.80. The van der Waals surface area contributed by atoms with Crippen LogP contribution in [0.1, 0.15) is 39.2 Å². The number of rotatable bonds is 8. The molecule has 0 spiro atoms. The molecule has 3 rings (SSSR count). The number of amides is 2. The molecular weight excluding hydrogens is 398 g/mol. The molecule has 1 heterocycles. The van der Waals surface area contributed by atoms with Crippen molar-refractivity contribution in [3.05, 3.63) is 91.0 Å². The van der Waals surface area contributed by atoms with Crippen LogP contribution in [-0.4, -0.2) is 22.8 Å². The first-order chi connectivity index (χ1) is 15.3. The first kappa shape index (κ1) is 23.2. The summed E-state index contributed by atoms with van der Waals surface area (Å²) in [6.45, 7) is 5.78. The standard InChI is InChI=1S/C27H30N3O2/c1-27(2,3)25(26(32)29-23-13-7-8-19-28-23)30-24(31)14-9-10-20-15-17-22(18-16-20)21-11-5-4-6-12-21/h4-8,10-13,15-19,25H,9,14H2,1-3H3,(H,30,31)(H,28,29,32)/t25-/m1/s1. The van der Waals surface area contributed by atoms with E-state index < -0.39 is 11.5 Å². The van der Waals surface area contributed by atoms with Gasteiger partial charge in [0.15, 0.2) is 0 Å². The van der Waals surface area contributed by atoms with E-state index in [1.807, 2.05) is 45.4 Å². The lowest BCUT2D eigenvalue weighted by Crippen LogP contribution is -2.51. The van der Waals surface area contributed by atoms with Gasteiger partial charge in [0.05, 0.1) is 0 Å². The van der Waals surface area contributed by atoms with E-state index in [0.29, 0.717) is 18.7 Å². The zero-order valence-corrected chi connectivity index (χ0v) is 18.8. The Morgan fingerprint density at radius 3 is 2.19 bits per heavy atom. The summed E-state index contributed by atoms with van der Waals surface area (Å²) in [5, 5.41) is 5.68. The molecule has 0 fully saturated rings. The lowest BCUT2D eigenvalue weighted by Gasteiger charge is -2.30. The zero-order valence-electron chi connectivity index (χ0n) is 18.8. The van der Waals surface area contributed by atoms with E-state index >= 15 is 0 Å². The zero-order chi connectivity index (χ0) is 23.0. The molecular formula is C27H30N3O2. The van der Waals surface area contributed by atoms with Gasteiger partial charge >= 0.3 is 0 Å². The molecule has 5 nitrogen and oxygen atoms in total. The van der Waals surface area contributed by atoms with Crippen molar-refractivity contribution in [2.75, 3.05) is 5.32 Å². The molecule has 1 atom stereocenters. The molecule has 165 valence electrons. The lowest BCUT2D eigenvalue weighted by atomic mass is 9.86. The molecule has 0 bridgehead atoms. The van der Waals surface area contributed by atoms with Crippen molar-refractivity contribution in [3.63, 3.8) is 0 Å². The van der Waals surface area contributed by atoms with Gasteiger partial charge in [-0.2, -0.15) is 0 Å². The maximum absolute atomic E-state index is 12.8. The summed E-state index contributed by atoms with van der Waals surface area (Å²) in [6, 6.07) is 23.1. The van der Waals surface area contributed by atoms with Crippen molar-refractivity contribution in [1.82, 2.24) is 10.3 Å². The van der Waals surface area contributed by atoms with Gasteiger partial charge < -0.3 is 10.6 Å². The molecule has 1 aromatic heterocycles. The summed E-state index contributed by atoms with van der Waals surface area (Å²) in [7, 11) is 0. The Kier molecular flexibility index (Phi) is 7.77. The first-order valence-corrected chi connectivity index (χ1v) is 10.8. The molecule has 2 N–H and O–H groups in total. The van der Waals surface area contributed by atoms with E-state index in [2.05, 4.69) is 52.0 Å². The number of nitrogens with one attached hydrogen (secondary N) is 2. The SMILES string of the molecule is CC(C)(C)[C@H](NC(=O)CC[CH]c1ccc(-c2ccccc2)cc1)C(=O)Nc1ccccn1. The lowest BCUT2D eigenvalue weighted by molar-refractivity contribution is -0.128. The Labute approximate surface area is 190 Å². The smallest absolute Gasteiger partial charge is 0.248 e.